The zero-order valence-corrected chi connectivity index (χ0v) is 14.4. The topological polar surface area (TPSA) is 86.6 Å². The number of halogens is 2. The van der Waals surface area contributed by atoms with E-state index >= 15 is 0 Å². The molecule has 27 heavy (non-hydrogen) atoms. The van der Waals surface area contributed by atoms with Gasteiger partial charge in [0.25, 0.3) is 5.91 Å². The Bertz CT molecular complexity index is 898. The van der Waals surface area contributed by atoms with Gasteiger partial charge in [-0.15, -0.1) is 0 Å². The van der Waals surface area contributed by atoms with Gasteiger partial charge in [0.1, 0.15) is 12.6 Å². The summed E-state index contributed by atoms with van der Waals surface area (Å²) in [6.45, 7) is 0.532. The summed E-state index contributed by atoms with van der Waals surface area (Å²) in [6, 6.07) is 8.13. The van der Waals surface area contributed by atoms with Crippen molar-refractivity contribution >= 4 is 11.7 Å². The molecule has 0 aliphatic carbocycles. The van der Waals surface area contributed by atoms with Crippen LogP contribution in [-0.2, 0) is 4.79 Å². The van der Waals surface area contributed by atoms with Gasteiger partial charge in [0.05, 0.1) is 6.10 Å². The molecule has 2 atom stereocenters. The Kier molecular flexibility index (Phi) is 6.77. The van der Waals surface area contributed by atoms with Crippen molar-refractivity contribution in [3.8, 4) is 11.8 Å². The number of carbonyl (C=O) groups excluding carboxylic acids is 2. The average molecular weight is 373 g/mol. The second-order valence-corrected chi connectivity index (χ2v) is 5.77. The van der Waals surface area contributed by atoms with Gasteiger partial charge >= 0.3 is 0 Å². The molecule has 0 saturated carbocycles. The molecule has 3 N–H and O–H groups in total. The highest BCUT2D eigenvalue weighted by atomic mass is 19.2. The molecule has 1 amide bonds. The van der Waals surface area contributed by atoms with Crippen molar-refractivity contribution in [3.05, 3.63) is 70.8 Å². The molecule has 7 heteroatoms. The lowest BCUT2D eigenvalue weighted by atomic mass is 10.1. The van der Waals surface area contributed by atoms with Crippen molar-refractivity contribution in [1.82, 2.24) is 5.32 Å². The minimum Gasteiger partial charge on any atom is -0.391 e. The highest BCUT2D eigenvalue weighted by Crippen LogP contribution is 2.09. The summed E-state index contributed by atoms with van der Waals surface area (Å²) < 4.78 is 26.0. The van der Waals surface area contributed by atoms with Gasteiger partial charge in [-0.1, -0.05) is 11.8 Å². The second-order valence-electron chi connectivity index (χ2n) is 5.77. The maximum atomic E-state index is 13.1. The molecule has 0 aliphatic heterocycles. The standard InChI is InChI=1S/C20H17F2NO4/c1-12(25)19(18(26)11-24)23-20(27)15-7-4-13(5-8-15)2-3-14-6-9-16(21)17(22)10-14/h4-10,12,19,24-25H,11H2,1H3,(H,23,27)/t12-,19+/m1/s1. The third-order valence-corrected chi connectivity index (χ3v) is 3.69. The van der Waals surface area contributed by atoms with E-state index in [1.165, 1.54) is 25.1 Å². The average Bonchev–Trinajstić information content (AvgIpc) is 2.66. The third-order valence-electron chi connectivity index (χ3n) is 3.69. The number of Topliss-reactive ketones (excluding diaryl/α,β-unsaturated/α-hetero) is 1. The number of carbonyl (C=O) groups is 2. The molecule has 2 aromatic rings. The van der Waals surface area contributed by atoms with Gasteiger partial charge in [-0.25, -0.2) is 8.78 Å². The van der Waals surface area contributed by atoms with Crippen LogP contribution < -0.4 is 5.32 Å². The number of aliphatic hydroxyl groups is 2. The number of nitrogens with one attached hydrogen (secondary N) is 1. The fourth-order valence-corrected chi connectivity index (χ4v) is 2.22. The second kappa shape index (κ2) is 9.03. The number of benzene rings is 2. The lowest BCUT2D eigenvalue weighted by Gasteiger charge is -2.19. The highest BCUT2D eigenvalue weighted by molar-refractivity contribution is 5.98. The van der Waals surface area contributed by atoms with Crippen molar-refractivity contribution in [2.24, 2.45) is 0 Å². The van der Waals surface area contributed by atoms with Crippen LogP contribution >= 0.6 is 0 Å². The van der Waals surface area contributed by atoms with Gasteiger partial charge in [-0.3, -0.25) is 9.59 Å². The van der Waals surface area contributed by atoms with E-state index in [1.807, 2.05) is 0 Å². The predicted molar refractivity (Wildman–Crippen MR) is 93.8 cm³/mol. The maximum absolute atomic E-state index is 13.1. The number of amides is 1. The molecule has 2 aromatic carbocycles. The van der Waals surface area contributed by atoms with E-state index < -0.39 is 42.1 Å². The van der Waals surface area contributed by atoms with Crippen LogP contribution in [0.15, 0.2) is 42.5 Å². The number of ketones is 1. The van der Waals surface area contributed by atoms with Crippen molar-refractivity contribution < 1.29 is 28.6 Å². The minimum absolute atomic E-state index is 0.227. The zero-order chi connectivity index (χ0) is 20.0. The van der Waals surface area contributed by atoms with Crippen LogP contribution in [0.1, 0.15) is 28.4 Å². The Morgan fingerprint density at radius 2 is 1.63 bits per heavy atom. The summed E-state index contributed by atoms with van der Waals surface area (Å²) in [4.78, 5) is 23.7. The van der Waals surface area contributed by atoms with E-state index in [1.54, 1.807) is 12.1 Å². The summed E-state index contributed by atoms with van der Waals surface area (Å²) in [5.41, 5.74) is 1.07. The van der Waals surface area contributed by atoms with Crippen molar-refractivity contribution in [3.63, 3.8) is 0 Å². The lowest BCUT2D eigenvalue weighted by molar-refractivity contribution is -0.125. The lowest BCUT2D eigenvalue weighted by Crippen LogP contribution is -2.48. The van der Waals surface area contributed by atoms with Gasteiger partial charge in [0.2, 0.25) is 0 Å². The summed E-state index contributed by atoms with van der Waals surface area (Å²) in [6.07, 6.45) is -1.16. The molecule has 2 rings (SSSR count). The first-order chi connectivity index (χ1) is 12.8. The fraction of sp³-hybridized carbons (Fsp3) is 0.200. The van der Waals surface area contributed by atoms with Crippen LogP contribution in [0.3, 0.4) is 0 Å². The van der Waals surface area contributed by atoms with E-state index in [9.17, 15) is 23.5 Å². The largest absolute Gasteiger partial charge is 0.391 e. The van der Waals surface area contributed by atoms with Crippen molar-refractivity contribution in [2.75, 3.05) is 6.61 Å². The maximum Gasteiger partial charge on any atom is 0.251 e. The third kappa shape index (κ3) is 5.45. The molecule has 0 saturated heterocycles. The van der Waals surface area contributed by atoms with E-state index in [0.717, 1.165) is 12.1 Å². The fourth-order valence-electron chi connectivity index (χ4n) is 2.22. The summed E-state index contributed by atoms with van der Waals surface area (Å²) in [5, 5.41) is 20.8. The van der Waals surface area contributed by atoms with Gasteiger partial charge in [-0.05, 0) is 49.4 Å². The molecule has 0 aliphatic rings. The monoisotopic (exact) mass is 373 g/mol. The van der Waals surface area contributed by atoms with E-state index in [-0.39, 0.29) is 5.56 Å². The molecule has 0 fully saturated rings. The van der Waals surface area contributed by atoms with Gasteiger partial charge in [-0.2, -0.15) is 0 Å². The van der Waals surface area contributed by atoms with Gasteiger partial charge in [0.15, 0.2) is 17.4 Å². The summed E-state index contributed by atoms with van der Waals surface area (Å²) in [5.74, 6) is 2.21. The molecule has 0 radical (unpaired) electrons. The van der Waals surface area contributed by atoms with Crippen LogP contribution in [0.25, 0.3) is 0 Å². The molecule has 0 aromatic heterocycles. The number of rotatable bonds is 5. The van der Waals surface area contributed by atoms with Crippen LogP contribution in [0.5, 0.6) is 0 Å². The Balaban J connectivity index is 2.10. The molecule has 0 unspecified atom stereocenters. The molecule has 0 heterocycles. The SMILES string of the molecule is C[C@@H](O)[C@H](NC(=O)c1ccc(C#Cc2ccc(F)c(F)c2)cc1)C(=O)CO. The first-order valence-corrected chi connectivity index (χ1v) is 8.01. The van der Waals surface area contributed by atoms with Crippen molar-refractivity contribution in [1.29, 1.82) is 0 Å². The number of aliphatic hydroxyl groups excluding tert-OH is 2. The van der Waals surface area contributed by atoms with E-state index in [0.29, 0.717) is 11.1 Å². The van der Waals surface area contributed by atoms with E-state index in [4.69, 9.17) is 5.11 Å². The van der Waals surface area contributed by atoms with Crippen LogP contribution in [-0.4, -0.2) is 40.7 Å². The Morgan fingerprint density at radius 3 is 2.19 bits per heavy atom. The summed E-state index contributed by atoms with van der Waals surface area (Å²) >= 11 is 0. The molecule has 0 spiro atoms. The Labute approximate surface area is 154 Å². The quantitative estimate of drug-likeness (QED) is 0.692. The van der Waals surface area contributed by atoms with Crippen LogP contribution in [0.2, 0.25) is 0 Å². The van der Waals surface area contributed by atoms with Crippen LogP contribution in [0.4, 0.5) is 8.78 Å². The first-order valence-electron chi connectivity index (χ1n) is 8.01. The van der Waals surface area contributed by atoms with Crippen molar-refractivity contribution in [2.45, 2.75) is 19.1 Å². The number of hydrogen-bond donors (Lipinski definition) is 3. The minimum atomic E-state index is -1.21. The smallest absolute Gasteiger partial charge is 0.251 e. The highest BCUT2D eigenvalue weighted by Gasteiger charge is 2.25. The Morgan fingerprint density at radius 1 is 1.04 bits per heavy atom. The molecular formula is C20H17F2NO4. The van der Waals surface area contributed by atoms with Gasteiger partial charge < -0.3 is 15.5 Å². The number of hydrogen-bond acceptors (Lipinski definition) is 4. The molecule has 5 nitrogen and oxygen atoms in total. The summed E-state index contributed by atoms with van der Waals surface area (Å²) in [7, 11) is 0. The van der Waals surface area contributed by atoms with Gasteiger partial charge in [0, 0.05) is 16.7 Å². The predicted octanol–water partition coefficient (Wildman–Crippen LogP) is 1.41. The van der Waals surface area contributed by atoms with Crippen LogP contribution in [0, 0.1) is 23.5 Å². The zero-order valence-electron chi connectivity index (χ0n) is 14.4. The molecule has 0 bridgehead atoms. The molecular weight excluding hydrogens is 356 g/mol. The normalized spacial score (nSPS) is 12.5. The Hall–Kier alpha value is -3.08. The molecule has 140 valence electrons. The van der Waals surface area contributed by atoms with E-state index in [2.05, 4.69) is 17.2 Å². The first kappa shape index (κ1) is 20.2.